The zero-order valence-corrected chi connectivity index (χ0v) is 15.7. The lowest BCUT2D eigenvalue weighted by atomic mass is 9.63. The van der Waals surface area contributed by atoms with Gasteiger partial charge in [-0.15, -0.1) is 0 Å². The molecule has 0 aliphatic heterocycles. The minimum Gasteiger partial charge on any atom is -0.0885 e. The van der Waals surface area contributed by atoms with Crippen molar-refractivity contribution in [2.45, 2.75) is 65.2 Å². The Morgan fingerprint density at radius 1 is 0.739 bits per heavy atom. The van der Waals surface area contributed by atoms with E-state index in [9.17, 15) is 0 Å². The Morgan fingerprint density at radius 3 is 1.57 bits per heavy atom. The summed E-state index contributed by atoms with van der Waals surface area (Å²) in [5, 5.41) is 2.10. The van der Waals surface area contributed by atoms with Crippen molar-refractivity contribution in [1.82, 2.24) is 0 Å². The second kappa shape index (κ2) is 5.81. The molecule has 2 atom stereocenters. The van der Waals surface area contributed by atoms with Gasteiger partial charge in [-0.25, -0.2) is 0 Å². The SMILES string of the molecule is CC(C)(C1C(Cl)=CC2=C1CCCC2)C1C(Cl)=CC2=C1CCCC2. The molecule has 0 bridgehead atoms. The van der Waals surface area contributed by atoms with Crippen molar-refractivity contribution >= 4 is 23.2 Å². The molecule has 0 heterocycles. The van der Waals surface area contributed by atoms with E-state index in [-0.39, 0.29) is 5.41 Å². The monoisotopic (exact) mass is 348 g/mol. The maximum absolute atomic E-state index is 6.78. The molecule has 2 heteroatoms. The van der Waals surface area contributed by atoms with Gasteiger partial charge in [0.1, 0.15) is 0 Å². The summed E-state index contributed by atoms with van der Waals surface area (Å²) in [4.78, 5) is 0. The number of hydrogen-bond acceptors (Lipinski definition) is 0. The zero-order valence-electron chi connectivity index (χ0n) is 14.2. The molecule has 0 aromatic heterocycles. The Kier molecular flexibility index (Phi) is 4.05. The third kappa shape index (κ3) is 2.48. The van der Waals surface area contributed by atoms with Gasteiger partial charge in [0.15, 0.2) is 0 Å². The molecule has 4 rings (SSSR count). The second-order valence-corrected chi connectivity index (χ2v) is 9.13. The van der Waals surface area contributed by atoms with E-state index in [1.165, 1.54) is 62.5 Å². The highest BCUT2D eigenvalue weighted by atomic mass is 35.5. The van der Waals surface area contributed by atoms with Crippen molar-refractivity contribution in [3.8, 4) is 0 Å². The highest BCUT2D eigenvalue weighted by Crippen LogP contribution is 2.59. The van der Waals surface area contributed by atoms with Crippen LogP contribution in [0.1, 0.15) is 65.2 Å². The summed E-state index contributed by atoms with van der Waals surface area (Å²) < 4.78 is 0. The van der Waals surface area contributed by atoms with Gasteiger partial charge in [0.05, 0.1) is 0 Å². The standard InChI is InChI=1S/C21H26Cl2/c1-21(2,19-15-9-5-3-7-13(15)11-17(19)22)20-16-10-6-4-8-14(16)12-18(20)23/h11-12,19-20H,3-10H2,1-2H3. The molecule has 2 unspecified atom stereocenters. The molecule has 4 aliphatic carbocycles. The third-order valence-corrected chi connectivity index (χ3v) is 7.12. The molecular formula is C21H26Cl2. The van der Waals surface area contributed by atoms with Crippen LogP contribution >= 0.6 is 23.2 Å². The number of rotatable bonds is 2. The fourth-order valence-corrected chi connectivity index (χ4v) is 6.59. The smallest absolute Gasteiger partial charge is 0.0261 e. The lowest BCUT2D eigenvalue weighted by Crippen LogP contribution is -2.34. The summed E-state index contributed by atoms with van der Waals surface area (Å²) in [6.07, 6.45) is 14.6. The van der Waals surface area contributed by atoms with E-state index < -0.39 is 0 Å². The van der Waals surface area contributed by atoms with Gasteiger partial charge < -0.3 is 0 Å². The normalized spacial score (nSPS) is 31.1. The topological polar surface area (TPSA) is 0 Å². The van der Waals surface area contributed by atoms with Crippen molar-refractivity contribution in [2.75, 3.05) is 0 Å². The van der Waals surface area contributed by atoms with E-state index in [0.717, 1.165) is 10.1 Å². The van der Waals surface area contributed by atoms with Gasteiger partial charge in [-0.1, -0.05) is 48.2 Å². The minimum absolute atomic E-state index is 0.0595. The van der Waals surface area contributed by atoms with E-state index in [1.54, 1.807) is 11.1 Å². The first-order valence-corrected chi connectivity index (χ1v) is 9.93. The predicted octanol–water partition coefficient (Wildman–Crippen LogP) is 7.26. The van der Waals surface area contributed by atoms with Gasteiger partial charge >= 0.3 is 0 Å². The van der Waals surface area contributed by atoms with Crippen molar-refractivity contribution in [1.29, 1.82) is 0 Å². The molecule has 4 aliphatic rings. The Morgan fingerprint density at radius 2 is 1.13 bits per heavy atom. The van der Waals surface area contributed by atoms with Gasteiger partial charge in [0.2, 0.25) is 0 Å². The third-order valence-electron chi connectivity index (χ3n) is 6.47. The van der Waals surface area contributed by atoms with Gasteiger partial charge in [-0.05, 0) is 80.1 Å². The van der Waals surface area contributed by atoms with E-state index in [2.05, 4.69) is 26.0 Å². The molecule has 0 radical (unpaired) electrons. The van der Waals surface area contributed by atoms with E-state index >= 15 is 0 Å². The summed E-state index contributed by atoms with van der Waals surface area (Å²) in [5.74, 6) is 0.723. The van der Waals surface area contributed by atoms with Crippen molar-refractivity contribution in [3.63, 3.8) is 0 Å². The summed E-state index contributed by atoms with van der Waals surface area (Å²) in [7, 11) is 0. The largest absolute Gasteiger partial charge is 0.0885 e. The number of allylic oxidation sites excluding steroid dienone is 8. The van der Waals surface area contributed by atoms with Crippen LogP contribution in [-0.4, -0.2) is 0 Å². The summed E-state index contributed by atoms with van der Waals surface area (Å²) >= 11 is 13.6. The van der Waals surface area contributed by atoms with Crippen LogP contribution in [0.5, 0.6) is 0 Å². The fraction of sp³-hybridized carbons (Fsp3) is 0.619. The molecule has 23 heavy (non-hydrogen) atoms. The van der Waals surface area contributed by atoms with Crippen LogP contribution in [0.4, 0.5) is 0 Å². The first-order chi connectivity index (χ1) is 11.0. The van der Waals surface area contributed by atoms with Crippen LogP contribution in [0.2, 0.25) is 0 Å². The summed E-state index contributed by atoms with van der Waals surface area (Å²) in [6.45, 7) is 4.79. The van der Waals surface area contributed by atoms with E-state index in [4.69, 9.17) is 23.2 Å². The number of hydrogen-bond donors (Lipinski definition) is 0. The predicted molar refractivity (Wildman–Crippen MR) is 99.6 cm³/mol. The lowest BCUT2D eigenvalue weighted by molar-refractivity contribution is 0.218. The van der Waals surface area contributed by atoms with Gasteiger partial charge in [-0.3, -0.25) is 0 Å². The van der Waals surface area contributed by atoms with Crippen molar-refractivity contribution in [2.24, 2.45) is 17.3 Å². The number of halogens is 2. The second-order valence-electron chi connectivity index (χ2n) is 8.26. The van der Waals surface area contributed by atoms with Crippen LogP contribution in [-0.2, 0) is 0 Å². The Hall–Kier alpha value is -0.460. The van der Waals surface area contributed by atoms with Crippen LogP contribution in [0.15, 0.2) is 44.5 Å². The fourth-order valence-electron chi connectivity index (χ4n) is 5.50. The summed E-state index contributed by atoms with van der Waals surface area (Å²) in [6, 6.07) is 0. The molecule has 0 aromatic rings. The highest BCUT2D eigenvalue weighted by Gasteiger charge is 2.48. The van der Waals surface area contributed by atoms with E-state index in [1.807, 2.05) is 0 Å². The van der Waals surface area contributed by atoms with Crippen molar-refractivity contribution in [3.05, 3.63) is 44.5 Å². The molecule has 0 N–H and O–H groups in total. The lowest BCUT2D eigenvalue weighted by Gasteiger charge is -2.42. The molecule has 0 amide bonds. The maximum Gasteiger partial charge on any atom is 0.0261 e. The van der Waals surface area contributed by atoms with Crippen LogP contribution in [0.3, 0.4) is 0 Å². The quantitative estimate of drug-likeness (QED) is 0.492. The summed E-state index contributed by atoms with van der Waals surface area (Å²) in [5.41, 5.74) is 6.33. The average Bonchev–Trinajstić information content (AvgIpc) is 3.02. The molecule has 0 saturated heterocycles. The zero-order chi connectivity index (χ0) is 16.2. The van der Waals surface area contributed by atoms with Gasteiger partial charge in [0.25, 0.3) is 0 Å². The first kappa shape index (κ1) is 16.0. The molecule has 0 fully saturated rings. The molecule has 0 aromatic carbocycles. The minimum atomic E-state index is 0.0595. The maximum atomic E-state index is 6.78. The molecule has 0 spiro atoms. The Labute approximate surface area is 150 Å². The first-order valence-electron chi connectivity index (χ1n) is 9.18. The average molecular weight is 349 g/mol. The highest BCUT2D eigenvalue weighted by molar-refractivity contribution is 6.31. The van der Waals surface area contributed by atoms with Crippen molar-refractivity contribution < 1.29 is 0 Å². The molecular weight excluding hydrogens is 323 g/mol. The van der Waals surface area contributed by atoms with Crippen LogP contribution in [0, 0.1) is 17.3 Å². The van der Waals surface area contributed by atoms with Crippen LogP contribution in [0.25, 0.3) is 0 Å². The Bertz CT molecular complexity index is 601. The van der Waals surface area contributed by atoms with Crippen LogP contribution < -0.4 is 0 Å². The van der Waals surface area contributed by atoms with Gasteiger partial charge in [-0.2, -0.15) is 0 Å². The Balaban J connectivity index is 1.73. The molecule has 0 saturated carbocycles. The molecule has 0 nitrogen and oxygen atoms in total. The van der Waals surface area contributed by atoms with E-state index in [0.29, 0.717) is 11.8 Å². The molecule has 124 valence electrons. The van der Waals surface area contributed by atoms with Gasteiger partial charge in [0, 0.05) is 21.9 Å².